The number of carbonyl (C=O) groups excluding carboxylic acids is 2. The monoisotopic (exact) mass is 926 g/mol. The second-order valence-electron chi connectivity index (χ2n) is 19.7. The first-order valence-corrected chi connectivity index (χ1v) is 28.9. The molecule has 386 valence electrons. The van der Waals surface area contributed by atoms with Gasteiger partial charge in [-0.05, 0) is 89.9 Å². The number of rotatable bonds is 52. The molecule has 0 aromatic carbocycles. The number of carbonyl (C=O) groups is 2. The molecule has 66 heavy (non-hydrogen) atoms. The number of aliphatic hydroxyl groups is 2. The summed E-state index contributed by atoms with van der Waals surface area (Å²) >= 11 is 0. The van der Waals surface area contributed by atoms with Crippen LogP contribution in [0.1, 0.15) is 297 Å². The maximum atomic E-state index is 13.3. The highest BCUT2D eigenvalue weighted by molar-refractivity contribution is 5.77. The lowest BCUT2D eigenvalue weighted by Crippen LogP contribution is -2.46. The molecule has 3 atom stereocenters. The lowest BCUT2D eigenvalue weighted by Gasteiger charge is -2.24. The molecule has 3 unspecified atom stereocenters. The maximum absolute atomic E-state index is 13.3. The fourth-order valence-corrected chi connectivity index (χ4v) is 8.73. The molecule has 0 aliphatic heterocycles. The number of esters is 1. The fraction of sp³-hybridized carbons (Fsp3) is 0.833. The molecule has 0 aromatic heterocycles. The lowest BCUT2D eigenvalue weighted by atomic mass is 10.0. The number of amides is 1. The normalized spacial score (nSPS) is 13.5. The smallest absolute Gasteiger partial charge is 0.306 e. The van der Waals surface area contributed by atoms with Gasteiger partial charge in [0.2, 0.25) is 5.91 Å². The summed E-state index contributed by atoms with van der Waals surface area (Å²) in [6.07, 6.45) is 66.0. The van der Waals surface area contributed by atoms with Crippen molar-refractivity contribution in [1.29, 1.82) is 0 Å². The van der Waals surface area contributed by atoms with Crippen molar-refractivity contribution in [1.82, 2.24) is 5.32 Å². The molecule has 0 aliphatic carbocycles. The van der Waals surface area contributed by atoms with Gasteiger partial charge in [-0.2, -0.15) is 0 Å². The standard InChI is InChI=1S/C60H111NO5/c1-4-7-10-13-16-19-22-25-27-28-29-30-32-35-38-41-44-47-50-53-60(65)66-56(51-48-45-42-39-36-34-31-26-23-20-17-14-11-8-5-2)54-59(64)61-57(55-62)58(63)52-49-46-43-40-37-33-24-21-18-15-12-9-6-3/h16,19,25-27,29-31,56-58,62-63H,4-15,17-18,20-24,28,32-55H2,1-3H3,(H,61,64)/b19-16-,27-25-,30-29-,31-26+. The average molecular weight is 927 g/mol. The summed E-state index contributed by atoms with van der Waals surface area (Å²) < 4.78 is 5.96. The molecule has 0 aromatic rings. The average Bonchev–Trinajstić information content (AvgIpc) is 3.31. The fourth-order valence-electron chi connectivity index (χ4n) is 8.73. The first kappa shape index (κ1) is 63.8. The predicted molar refractivity (Wildman–Crippen MR) is 287 cm³/mol. The summed E-state index contributed by atoms with van der Waals surface area (Å²) in [7, 11) is 0. The zero-order valence-electron chi connectivity index (χ0n) is 44.1. The van der Waals surface area contributed by atoms with E-state index in [2.05, 4.69) is 74.7 Å². The van der Waals surface area contributed by atoms with E-state index in [1.807, 2.05) is 0 Å². The molecule has 0 fully saturated rings. The number of unbranched alkanes of at least 4 members (excludes halogenated alkanes) is 32. The summed E-state index contributed by atoms with van der Waals surface area (Å²) in [5.74, 6) is -0.486. The Morgan fingerprint density at radius 3 is 1.21 bits per heavy atom. The first-order chi connectivity index (χ1) is 32.5. The molecule has 0 saturated carbocycles. The Labute approximate surface area is 410 Å². The minimum absolute atomic E-state index is 0.0678. The Balaban J connectivity index is 4.58. The molecular weight excluding hydrogens is 815 g/mol. The largest absolute Gasteiger partial charge is 0.462 e. The topological polar surface area (TPSA) is 95.9 Å². The molecule has 0 rings (SSSR count). The molecule has 0 heterocycles. The van der Waals surface area contributed by atoms with Crippen LogP contribution < -0.4 is 5.32 Å². The Hall–Kier alpha value is -2.18. The molecule has 3 N–H and O–H groups in total. The Morgan fingerprint density at radius 2 is 0.773 bits per heavy atom. The molecule has 0 saturated heterocycles. The van der Waals surface area contributed by atoms with E-state index in [1.54, 1.807) is 0 Å². The molecular formula is C60H111NO5. The van der Waals surface area contributed by atoms with Crippen LogP contribution in [-0.2, 0) is 14.3 Å². The van der Waals surface area contributed by atoms with Gasteiger partial charge in [-0.15, -0.1) is 0 Å². The lowest BCUT2D eigenvalue weighted by molar-refractivity contribution is -0.151. The third-order valence-electron chi connectivity index (χ3n) is 13.1. The highest BCUT2D eigenvalue weighted by Gasteiger charge is 2.24. The van der Waals surface area contributed by atoms with Crippen molar-refractivity contribution in [3.63, 3.8) is 0 Å². The van der Waals surface area contributed by atoms with Gasteiger partial charge in [-0.3, -0.25) is 9.59 Å². The molecule has 6 heteroatoms. The van der Waals surface area contributed by atoms with Crippen molar-refractivity contribution in [2.45, 2.75) is 315 Å². The van der Waals surface area contributed by atoms with Crippen LogP contribution in [0, 0.1) is 0 Å². The van der Waals surface area contributed by atoms with Crippen LogP contribution in [0.3, 0.4) is 0 Å². The third-order valence-corrected chi connectivity index (χ3v) is 13.1. The van der Waals surface area contributed by atoms with Crippen molar-refractivity contribution >= 4 is 11.9 Å². The van der Waals surface area contributed by atoms with Crippen LogP contribution >= 0.6 is 0 Å². The van der Waals surface area contributed by atoms with Crippen molar-refractivity contribution in [3.8, 4) is 0 Å². The van der Waals surface area contributed by atoms with Crippen molar-refractivity contribution < 1.29 is 24.5 Å². The number of aliphatic hydroxyl groups excluding tert-OH is 2. The number of nitrogens with one attached hydrogen (secondary N) is 1. The van der Waals surface area contributed by atoms with Gasteiger partial charge in [0.1, 0.15) is 6.10 Å². The maximum Gasteiger partial charge on any atom is 0.306 e. The van der Waals surface area contributed by atoms with Gasteiger partial charge in [-0.1, -0.05) is 243 Å². The minimum atomic E-state index is -0.792. The number of hydrogen-bond donors (Lipinski definition) is 3. The van der Waals surface area contributed by atoms with Gasteiger partial charge in [-0.25, -0.2) is 0 Å². The quantitative estimate of drug-likeness (QED) is 0.0321. The van der Waals surface area contributed by atoms with Gasteiger partial charge in [0, 0.05) is 6.42 Å². The van der Waals surface area contributed by atoms with Crippen LogP contribution in [0.15, 0.2) is 48.6 Å². The van der Waals surface area contributed by atoms with Crippen LogP contribution in [-0.4, -0.2) is 46.9 Å². The van der Waals surface area contributed by atoms with Crippen LogP contribution in [0.4, 0.5) is 0 Å². The van der Waals surface area contributed by atoms with Gasteiger partial charge < -0.3 is 20.3 Å². The minimum Gasteiger partial charge on any atom is -0.462 e. The molecule has 0 radical (unpaired) electrons. The molecule has 0 bridgehead atoms. The Morgan fingerprint density at radius 1 is 0.439 bits per heavy atom. The third kappa shape index (κ3) is 48.3. The number of allylic oxidation sites excluding steroid dienone is 8. The highest BCUT2D eigenvalue weighted by Crippen LogP contribution is 2.18. The summed E-state index contributed by atoms with van der Waals surface area (Å²) in [6, 6.07) is -0.707. The van der Waals surface area contributed by atoms with Crippen LogP contribution in [0.5, 0.6) is 0 Å². The molecule has 0 spiro atoms. The SMILES string of the molecule is CCCCC/C=C\C/C=C\C/C=C\CCCCCCCCC(=O)OC(CCCCCCC/C=C/CCCCCCCC)CC(=O)NC(CO)C(O)CCCCCCCCCCCCCCC. The summed E-state index contributed by atoms with van der Waals surface area (Å²) in [6.45, 7) is 6.47. The van der Waals surface area contributed by atoms with E-state index in [4.69, 9.17) is 4.74 Å². The Kier molecular flexibility index (Phi) is 52.0. The van der Waals surface area contributed by atoms with E-state index in [9.17, 15) is 19.8 Å². The highest BCUT2D eigenvalue weighted by atomic mass is 16.5. The summed E-state index contributed by atoms with van der Waals surface area (Å²) in [4.78, 5) is 26.3. The van der Waals surface area contributed by atoms with Crippen LogP contribution in [0.2, 0.25) is 0 Å². The summed E-state index contributed by atoms with van der Waals surface area (Å²) in [5.41, 5.74) is 0. The van der Waals surface area contributed by atoms with Gasteiger partial charge in [0.15, 0.2) is 0 Å². The second-order valence-corrected chi connectivity index (χ2v) is 19.7. The number of hydrogen-bond acceptors (Lipinski definition) is 5. The molecule has 6 nitrogen and oxygen atoms in total. The zero-order valence-corrected chi connectivity index (χ0v) is 44.1. The van der Waals surface area contributed by atoms with Crippen molar-refractivity contribution in [3.05, 3.63) is 48.6 Å². The Bertz CT molecular complexity index is 1130. The van der Waals surface area contributed by atoms with E-state index < -0.39 is 18.2 Å². The van der Waals surface area contributed by atoms with E-state index >= 15 is 0 Å². The van der Waals surface area contributed by atoms with E-state index in [-0.39, 0.29) is 24.9 Å². The van der Waals surface area contributed by atoms with Gasteiger partial charge >= 0.3 is 5.97 Å². The number of ether oxygens (including phenoxy) is 1. The van der Waals surface area contributed by atoms with E-state index in [0.29, 0.717) is 19.3 Å². The van der Waals surface area contributed by atoms with E-state index in [0.717, 1.165) is 83.5 Å². The molecule has 1 amide bonds. The van der Waals surface area contributed by atoms with Gasteiger partial charge in [0.25, 0.3) is 0 Å². The van der Waals surface area contributed by atoms with Crippen LogP contribution in [0.25, 0.3) is 0 Å². The van der Waals surface area contributed by atoms with Gasteiger partial charge in [0.05, 0.1) is 25.2 Å². The molecule has 0 aliphatic rings. The van der Waals surface area contributed by atoms with E-state index in [1.165, 1.54) is 167 Å². The van der Waals surface area contributed by atoms with Crippen molar-refractivity contribution in [2.75, 3.05) is 6.61 Å². The zero-order chi connectivity index (χ0) is 48.1. The summed E-state index contributed by atoms with van der Waals surface area (Å²) in [5, 5.41) is 23.9. The predicted octanol–water partition coefficient (Wildman–Crippen LogP) is 17.8. The van der Waals surface area contributed by atoms with Crippen molar-refractivity contribution in [2.24, 2.45) is 0 Å². The second kappa shape index (κ2) is 53.8. The first-order valence-electron chi connectivity index (χ1n) is 28.9.